The topological polar surface area (TPSA) is 115 Å². The molecule has 23 heavy (non-hydrogen) atoms. The molecule has 2 aromatic rings. The minimum atomic E-state index is -0.994. The second-order valence-electron chi connectivity index (χ2n) is 5.58. The Labute approximate surface area is 132 Å². The zero-order valence-corrected chi connectivity index (χ0v) is 12.6. The number of carbonyl (C=O) groups excluding carboxylic acids is 1. The molecule has 1 amide bonds. The van der Waals surface area contributed by atoms with Crippen molar-refractivity contribution < 1.29 is 14.7 Å². The van der Waals surface area contributed by atoms with Crippen LogP contribution in [0.4, 0.5) is 0 Å². The number of carboxylic acids is 1. The first kappa shape index (κ1) is 15.2. The predicted octanol–water partition coefficient (Wildman–Crippen LogP) is 0.604. The number of hydrogen-bond donors (Lipinski definition) is 2. The minimum Gasteiger partial charge on any atom is -0.480 e. The van der Waals surface area contributed by atoms with E-state index < -0.39 is 5.97 Å². The van der Waals surface area contributed by atoms with Gasteiger partial charge in [0.25, 0.3) is 5.91 Å². The van der Waals surface area contributed by atoms with E-state index in [1.165, 1.54) is 10.9 Å². The Morgan fingerprint density at radius 3 is 2.87 bits per heavy atom. The summed E-state index contributed by atoms with van der Waals surface area (Å²) in [6, 6.07) is 2.00. The number of rotatable bonds is 6. The number of carboxylic acid groups (broad SMARTS) is 1. The van der Waals surface area contributed by atoms with Crippen LogP contribution in [-0.4, -0.2) is 41.8 Å². The SMILES string of the molecule is O=C(O)Cn1cc(CNC(=O)c2ccnn2C2CCCC2)nn1. The van der Waals surface area contributed by atoms with Gasteiger partial charge in [-0.3, -0.25) is 14.3 Å². The quantitative estimate of drug-likeness (QED) is 0.806. The average molecular weight is 318 g/mol. The van der Waals surface area contributed by atoms with Crippen molar-refractivity contribution in [1.29, 1.82) is 0 Å². The molecule has 0 aromatic carbocycles. The molecule has 9 nitrogen and oxygen atoms in total. The first-order valence-corrected chi connectivity index (χ1v) is 7.56. The highest BCUT2D eigenvalue weighted by atomic mass is 16.4. The monoisotopic (exact) mass is 318 g/mol. The van der Waals surface area contributed by atoms with Crippen LogP contribution in [0.15, 0.2) is 18.5 Å². The minimum absolute atomic E-state index is 0.189. The van der Waals surface area contributed by atoms with Crippen LogP contribution in [0.2, 0.25) is 0 Å². The summed E-state index contributed by atoms with van der Waals surface area (Å²) in [7, 11) is 0. The highest BCUT2D eigenvalue weighted by Gasteiger charge is 2.22. The van der Waals surface area contributed by atoms with Gasteiger partial charge in [0.15, 0.2) is 0 Å². The Morgan fingerprint density at radius 1 is 1.35 bits per heavy atom. The predicted molar refractivity (Wildman–Crippen MR) is 78.6 cm³/mol. The lowest BCUT2D eigenvalue weighted by Gasteiger charge is -2.13. The van der Waals surface area contributed by atoms with Crippen molar-refractivity contribution in [3.8, 4) is 0 Å². The van der Waals surface area contributed by atoms with E-state index in [9.17, 15) is 9.59 Å². The van der Waals surface area contributed by atoms with Gasteiger partial charge in [-0.15, -0.1) is 5.10 Å². The number of amides is 1. The smallest absolute Gasteiger partial charge is 0.325 e. The van der Waals surface area contributed by atoms with E-state index in [4.69, 9.17) is 5.11 Å². The Bertz CT molecular complexity index is 701. The average Bonchev–Trinajstić information content (AvgIpc) is 3.24. The molecule has 0 radical (unpaired) electrons. The lowest BCUT2D eigenvalue weighted by Crippen LogP contribution is -2.27. The van der Waals surface area contributed by atoms with Crippen LogP contribution in [-0.2, 0) is 17.9 Å². The van der Waals surface area contributed by atoms with Crippen molar-refractivity contribution in [2.45, 2.75) is 44.8 Å². The van der Waals surface area contributed by atoms with Crippen LogP contribution in [0.5, 0.6) is 0 Å². The summed E-state index contributed by atoms with van der Waals surface area (Å²) in [5.41, 5.74) is 1.04. The summed E-state index contributed by atoms with van der Waals surface area (Å²) in [5.74, 6) is -1.21. The van der Waals surface area contributed by atoms with E-state index in [1.54, 1.807) is 16.9 Å². The fourth-order valence-electron chi connectivity index (χ4n) is 2.83. The van der Waals surface area contributed by atoms with Gasteiger partial charge in [-0.25, -0.2) is 4.68 Å². The first-order valence-electron chi connectivity index (χ1n) is 7.56. The summed E-state index contributed by atoms with van der Waals surface area (Å²) in [6.07, 6.45) is 7.56. The van der Waals surface area contributed by atoms with E-state index in [2.05, 4.69) is 20.7 Å². The third-order valence-electron chi connectivity index (χ3n) is 3.89. The standard InChI is InChI=1S/C14H18N6O3/c21-13(22)9-19-8-10(17-18-19)7-15-14(23)12-5-6-16-20(12)11-3-1-2-4-11/h5-6,8,11H,1-4,7,9H2,(H,15,23)(H,21,22). The van der Waals surface area contributed by atoms with Crippen molar-refractivity contribution in [1.82, 2.24) is 30.1 Å². The summed E-state index contributed by atoms with van der Waals surface area (Å²) >= 11 is 0. The molecular weight excluding hydrogens is 300 g/mol. The van der Waals surface area contributed by atoms with E-state index in [1.807, 2.05) is 0 Å². The van der Waals surface area contributed by atoms with Crippen LogP contribution >= 0.6 is 0 Å². The molecule has 1 aliphatic rings. The van der Waals surface area contributed by atoms with Crippen LogP contribution in [0.1, 0.15) is 47.9 Å². The Hall–Kier alpha value is -2.71. The molecule has 0 bridgehead atoms. The second kappa shape index (κ2) is 6.59. The molecule has 0 unspecified atom stereocenters. The molecule has 0 atom stereocenters. The molecule has 3 rings (SSSR count). The molecule has 1 saturated carbocycles. The molecule has 1 aliphatic carbocycles. The van der Waals surface area contributed by atoms with E-state index in [-0.39, 0.29) is 19.0 Å². The van der Waals surface area contributed by atoms with Gasteiger partial charge in [0, 0.05) is 6.20 Å². The molecule has 0 saturated heterocycles. The van der Waals surface area contributed by atoms with E-state index in [0.29, 0.717) is 17.4 Å². The summed E-state index contributed by atoms with van der Waals surface area (Å²) in [6.45, 7) is -0.0658. The molecule has 0 spiro atoms. The lowest BCUT2D eigenvalue weighted by atomic mass is 10.2. The highest BCUT2D eigenvalue weighted by Crippen LogP contribution is 2.29. The van der Waals surface area contributed by atoms with Crippen molar-refractivity contribution >= 4 is 11.9 Å². The van der Waals surface area contributed by atoms with Crippen molar-refractivity contribution in [3.05, 3.63) is 29.8 Å². The molecule has 1 fully saturated rings. The number of hydrogen-bond acceptors (Lipinski definition) is 5. The van der Waals surface area contributed by atoms with Gasteiger partial charge >= 0.3 is 5.97 Å². The Kier molecular flexibility index (Phi) is 4.35. The van der Waals surface area contributed by atoms with Crippen molar-refractivity contribution in [3.63, 3.8) is 0 Å². The maximum atomic E-state index is 12.3. The molecular formula is C14H18N6O3. The van der Waals surface area contributed by atoms with E-state index in [0.717, 1.165) is 25.7 Å². The molecule has 9 heteroatoms. The highest BCUT2D eigenvalue weighted by molar-refractivity contribution is 5.92. The van der Waals surface area contributed by atoms with Crippen LogP contribution in [0, 0.1) is 0 Å². The maximum absolute atomic E-state index is 12.3. The summed E-state index contributed by atoms with van der Waals surface area (Å²) < 4.78 is 3.01. The Morgan fingerprint density at radius 2 is 2.13 bits per heavy atom. The summed E-state index contributed by atoms with van der Waals surface area (Å²) in [5, 5.41) is 23.3. The summed E-state index contributed by atoms with van der Waals surface area (Å²) in [4.78, 5) is 22.9. The zero-order chi connectivity index (χ0) is 16.2. The number of nitrogens with zero attached hydrogens (tertiary/aromatic N) is 5. The molecule has 2 N–H and O–H groups in total. The third-order valence-corrected chi connectivity index (χ3v) is 3.89. The molecule has 2 aromatic heterocycles. The van der Waals surface area contributed by atoms with Gasteiger partial charge in [-0.2, -0.15) is 5.10 Å². The third kappa shape index (κ3) is 3.55. The van der Waals surface area contributed by atoms with Gasteiger partial charge in [-0.1, -0.05) is 18.1 Å². The second-order valence-corrected chi connectivity index (χ2v) is 5.58. The molecule has 0 aliphatic heterocycles. The van der Waals surface area contributed by atoms with Gasteiger partial charge in [-0.05, 0) is 18.9 Å². The van der Waals surface area contributed by atoms with Crippen LogP contribution < -0.4 is 5.32 Å². The maximum Gasteiger partial charge on any atom is 0.325 e. The van der Waals surface area contributed by atoms with Gasteiger partial charge < -0.3 is 10.4 Å². The number of aliphatic carboxylic acids is 1. The van der Waals surface area contributed by atoms with E-state index >= 15 is 0 Å². The largest absolute Gasteiger partial charge is 0.480 e. The van der Waals surface area contributed by atoms with Gasteiger partial charge in [0.2, 0.25) is 0 Å². The first-order chi connectivity index (χ1) is 11.1. The lowest BCUT2D eigenvalue weighted by molar-refractivity contribution is -0.137. The zero-order valence-electron chi connectivity index (χ0n) is 12.6. The normalized spacial score (nSPS) is 15.0. The van der Waals surface area contributed by atoms with Crippen molar-refractivity contribution in [2.75, 3.05) is 0 Å². The fourth-order valence-corrected chi connectivity index (χ4v) is 2.83. The van der Waals surface area contributed by atoms with Gasteiger partial charge in [0.05, 0.1) is 18.8 Å². The molecule has 2 heterocycles. The fraction of sp³-hybridized carbons (Fsp3) is 0.500. The Balaban J connectivity index is 1.60. The van der Waals surface area contributed by atoms with Crippen LogP contribution in [0.3, 0.4) is 0 Å². The number of nitrogens with one attached hydrogen (secondary N) is 1. The van der Waals surface area contributed by atoms with Crippen molar-refractivity contribution in [2.24, 2.45) is 0 Å². The number of carbonyl (C=O) groups is 2. The number of aromatic nitrogens is 5. The van der Waals surface area contributed by atoms with Gasteiger partial charge in [0.1, 0.15) is 17.9 Å². The molecule has 122 valence electrons. The van der Waals surface area contributed by atoms with Crippen LogP contribution in [0.25, 0.3) is 0 Å².